The first-order chi connectivity index (χ1) is 10.3. The van der Waals surface area contributed by atoms with E-state index in [1.165, 1.54) is 12.1 Å². The predicted octanol–water partition coefficient (Wildman–Crippen LogP) is 0.743. The topological polar surface area (TPSA) is 119 Å². The number of nitrogens with zero attached hydrogens (tertiary/aromatic N) is 2. The van der Waals surface area contributed by atoms with E-state index in [4.69, 9.17) is 5.14 Å². The Hall–Kier alpha value is -1.78. The molecule has 0 bridgehead atoms. The largest absolute Gasteiger partial charge is 0.366 e. The van der Waals surface area contributed by atoms with Crippen molar-refractivity contribution >= 4 is 21.6 Å². The molecule has 3 N–H and O–H groups in total. The number of halogens is 1. The van der Waals surface area contributed by atoms with Gasteiger partial charge in [0.1, 0.15) is 11.5 Å². The average Bonchev–Trinajstić information content (AvgIpc) is 2.44. The number of nitrogens with two attached hydrogens (primary N) is 1. The SMILES string of the molecule is NS(=O)(=O)NCC1CCCN(c2ccc(F)cc2[N+](=O)[O-])C1. The third kappa shape index (κ3) is 4.36. The third-order valence-corrected chi connectivity index (χ3v) is 4.14. The predicted molar refractivity (Wildman–Crippen MR) is 79.1 cm³/mol. The van der Waals surface area contributed by atoms with Gasteiger partial charge in [0.25, 0.3) is 15.9 Å². The van der Waals surface area contributed by atoms with E-state index in [2.05, 4.69) is 4.72 Å². The number of piperidine rings is 1. The summed E-state index contributed by atoms with van der Waals surface area (Å²) in [5.74, 6) is -0.684. The molecule has 122 valence electrons. The van der Waals surface area contributed by atoms with Crippen LogP contribution in [0.25, 0.3) is 0 Å². The van der Waals surface area contributed by atoms with Crippen LogP contribution in [0.15, 0.2) is 18.2 Å². The number of rotatable bonds is 5. The van der Waals surface area contributed by atoms with Crippen molar-refractivity contribution in [1.29, 1.82) is 0 Å². The maximum absolute atomic E-state index is 13.2. The highest BCUT2D eigenvalue weighted by molar-refractivity contribution is 7.87. The monoisotopic (exact) mass is 332 g/mol. The summed E-state index contributed by atoms with van der Waals surface area (Å²) in [7, 11) is -3.76. The quantitative estimate of drug-likeness (QED) is 0.609. The maximum atomic E-state index is 13.2. The molecular weight excluding hydrogens is 315 g/mol. The van der Waals surface area contributed by atoms with Crippen molar-refractivity contribution in [2.24, 2.45) is 11.1 Å². The lowest BCUT2D eigenvalue weighted by atomic mass is 9.97. The molecule has 10 heteroatoms. The van der Waals surface area contributed by atoms with Crippen molar-refractivity contribution in [3.8, 4) is 0 Å². The van der Waals surface area contributed by atoms with E-state index in [1.54, 1.807) is 4.90 Å². The number of hydrogen-bond acceptors (Lipinski definition) is 5. The summed E-state index contributed by atoms with van der Waals surface area (Å²) in [6.45, 7) is 1.21. The molecule has 1 atom stereocenters. The van der Waals surface area contributed by atoms with Crippen LogP contribution in [0, 0.1) is 21.8 Å². The van der Waals surface area contributed by atoms with Crippen LogP contribution < -0.4 is 14.8 Å². The van der Waals surface area contributed by atoms with Gasteiger partial charge >= 0.3 is 0 Å². The zero-order chi connectivity index (χ0) is 16.3. The molecule has 8 nitrogen and oxygen atoms in total. The van der Waals surface area contributed by atoms with Crippen molar-refractivity contribution in [1.82, 2.24) is 4.72 Å². The molecule has 1 aromatic carbocycles. The van der Waals surface area contributed by atoms with E-state index in [0.717, 1.165) is 18.9 Å². The number of nitro benzene ring substituents is 1. The molecule has 2 rings (SSSR count). The molecule has 0 aromatic heterocycles. The Balaban J connectivity index is 2.14. The highest BCUT2D eigenvalue weighted by Gasteiger charge is 2.26. The number of hydrogen-bond donors (Lipinski definition) is 2. The minimum absolute atomic E-state index is 0.0169. The van der Waals surface area contributed by atoms with E-state index in [9.17, 15) is 22.9 Å². The first kappa shape index (κ1) is 16.6. The summed E-state index contributed by atoms with van der Waals surface area (Å²) in [5.41, 5.74) is 0.0479. The van der Waals surface area contributed by atoms with Crippen LogP contribution in [0.3, 0.4) is 0 Å². The van der Waals surface area contributed by atoms with Crippen LogP contribution in [-0.4, -0.2) is 33.0 Å². The Bertz CT molecular complexity index is 667. The molecule has 1 unspecified atom stereocenters. The molecule has 1 aliphatic rings. The Morgan fingerprint density at radius 2 is 2.23 bits per heavy atom. The van der Waals surface area contributed by atoms with Gasteiger partial charge in [-0.25, -0.2) is 14.3 Å². The smallest absolute Gasteiger partial charge is 0.295 e. The molecule has 0 amide bonds. The Morgan fingerprint density at radius 3 is 2.86 bits per heavy atom. The van der Waals surface area contributed by atoms with E-state index < -0.39 is 20.9 Å². The van der Waals surface area contributed by atoms with Gasteiger partial charge in [-0.15, -0.1) is 0 Å². The van der Waals surface area contributed by atoms with Gasteiger partial charge in [-0.3, -0.25) is 10.1 Å². The van der Waals surface area contributed by atoms with Gasteiger partial charge in [0, 0.05) is 19.6 Å². The molecule has 1 aromatic rings. The Kier molecular flexibility index (Phi) is 4.94. The molecular formula is C12H17FN4O4S. The standard InChI is InChI=1S/C12H17FN4O4S/c13-10-3-4-11(12(6-10)17(18)19)16-5-1-2-9(8-16)7-15-22(14,20)21/h3-4,6,9,15H,1-2,5,7-8H2,(H2,14,20,21). The Morgan fingerprint density at radius 1 is 1.50 bits per heavy atom. The fourth-order valence-electron chi connectivity index (χ4n) is 2.59. The highest BCUT2D eigenvalue weighted by Crippen LogP contribution is 2.32. The summed E-state index contributed by atoms with van der Waals surface area (Å²) in [6, 6.07) is 3.44. The lowest BCUT2D eigenvalue weighted by Gasteiger charge is -2.34. The number of nitrogens with one attached hydrogen (secondary N) is 1. The molecule has 0 saturated carbocycles. The summed E-state index contributed by atoms with van der Waals surface area (Å²) in [4.78, 5) is 12.2. The minimum Gasteiger partial charge on any atom is -0.366 e. The van der Waals surface area contributed by atoms with Gasteiger partial charge < -0.3 is 4.90 Å². The summed E-state index contributed by atoms with van der Waals surface area (Å²) in [6.07, 6.45) is 1.54. The first-order valence-electron chi connectivity index (χ1n) is 6.72. The van der Waals surface area contributed by atoms with Crippen LogP contribution >= 0.6 is 0 Å². The van der Waals surface area contributed by atoms with Crippen molar-refractivity contribution in [3.63, 3.8) is 0 Å². The fourth-order valence-corrected chi connectivity index (χ4v) is 3.06. The van der Waals surface area contributed by atoms with Crippen molar-refractivity contribution in [3.05, 3.63) is 34.1 Å². The van der Waals surface area contributed by atoms with Crippen LogP contribution in [0.2, 0.25) is 0 Å². The van der Waals surface area contributed by atoms with Gasteiger partial charge in [0.05, 0.1) is 11.0 Å². The molecule has 1 heterocycles. The lowest BCUT2D eigenvalue weighted by Crippen LogP contribution is -2.42. The van der Waals surface area contributed by atoms with Gasteiger partial charge in [-0.1, -0.05) is 0 Å². The number of benzene rings is 1. The second-order valence-corrected chi connectivity index (χ2v) is 6.62. The average molecular weight is 332 g/mol. The molecule has 1 aliphatic heterocycles. The van der Waals surface area contributed by atoms with Crippen LogP contribution in [-0.2, 0) is 10.2 Å². The van der Waals surface area contributed by atoms with Crippen LogP contribution in [0.1, 0.15) is 12.8 Å². The Labute approximate surface area is 127 Å². The van der Waals surface area contributed by atoms with E-state index in [1.807, 2.05) is 0 Å². The van der Waals surface area contributed by atoms with E-state index in [-0.39, 0.29) is 18.2 Å². The van der Waals surface area contributed by atoms with Gasteiger partial charge in [0.2, 0.25) is 0 Å². The second-order valence-electron chi connectivity index (χ2n) is 5.24. The molecule has 0 aliphatic carbocycles. The molecule has 22 heavy (non-hydrogen) atoms. The number of nitro groups is 1. The lowest BCUT2D eigenvalue weighted by molar-refractivity contribution is -0.384. The summed E-state index contributed by atoms with van der Waals surface area (Å²) >= 11 is 0. The molecule has 1 fully saturated rings. The minimum atomic E-state index is -3.76. The molecule has 1 saturated heterocycles. The van der Waals surface area contributed by atoms with Crippen molar-refractivity contribution < 1.29 is 17.7 Å². The van der Waals surface area contributed by atoms with E-state index >= 15 is 0 Å². The first-order valence-corrected chi connectivity index (χ1v) is 8.27. The van der Waals surface area contributed by atoms with Gasteiger partial charge in [-0.2, -0.15) is 8.42 Å². The van der Waals surface area contributed by atoms with Gasteiger partial charge in [0.15, 0.2) is 0 Å². The molecule has 0 spiro atoms. The van der Waals surface area contributed by atoms with Crippen LogP contribution in [0.5, 0.6) is 0 Å². The molecule has 0 radical (unpaired) electrons. The zero-order valence-corrected chi connectivity index (χ0v) is 12.6. The summed E-state index contributed by atoms with van der Waals surface area (Å²) < 4.78 is 37.3. The third-order valence-electron chi connectivity index (χ3n) is 3.57. The number of anilines is 1. The van der Waals surface area contributed by atoms with Crippen LogP contribution in [0.4, 0.5) is 15.8 Å². The van der Waals surface area contributed by atoms with Gasteiger partial charge in [-0.05, 0) is 30.9 Å². The normalized spacial score (nSPS) is 19.2. The van der Waals surface area contributed by atoms with Crippen molar-refractivity contribution in [2.75, 3.05) is 24.5 Å². The highest BCUT2D eigenvalue weighted by atomic mass is 32.2. The second kappa shape index (κ2) is 6.55. The maximum Gasteiger partial charge on any atom is 0.295 e. The zero-order valence-electron chi connectivity index (χ0n) is 11.7. The van der Waals surface area contributed by atoms with Crippen molar-refractivity contribution in [2.45, 2.75) is 12.8 Å². The fraction of sp³-hybridized carbons (Fsp3) is 0.500. The van der Waals surface area contributed by atoms with E-state index in [0.29, 0.717) is 18.8 Å². The summed E-state index contributed by atoms with van der Waals surface area (Å²) in [5, 5.41) is 16.0.